The van der Waals surface area contributed by atoms with Crippen LogP contribution in [0.15, 0.2) is 60.0 Å². The minimum atomic E-state index is -0.186. The molecule has 2 N–H and O–H groups in total. The van der Waals surface area contributed by atoms with E-state index in [0.29, 0.717) is 18.7 Å². The molecule has 0 radical (unpaired) electrons. The maximum absolute atomic E-state index is 12.1. The molecule has 0 atom stereocenters. The number of nitrogens with zero attached hydrogens (tertiary/aromatic N) is 1. The summed E-state index contributed by atoms with van der Waals surface area (Å²) >= 11 is 1.45. The molecular weight excluding hydrogens is 410 g/mol. The van der Waals surface area contributed by atoms with Gasteiger partial charge in [0, 0.05) is 22.7 Å². The normalized spacial score (nSPS) is 10.8. The van der Waals surface area contributed by atoms with E-state index in [4.69, 9.17) is 4.74 Å². The van der Waals surface area contributed by atoms with E-state index >= 15 is 0 Å². The van der Waals surface area contributed by atoms with Crippen LogP contribution in [-0.4, -0.2) is 23.3 Å². The topological polar surface area (TPSA) is 80.3 Å². The number of carbonyl (C=O) groups excluding carboxylic acids is 2. The van der Waals surface area contributed by atoms with Crippen molar-refractivity contribution < 1.29 is 14.3 Å². The Labute approximate surface area is 186 Å². The van der Waals surface area contributed by atoms with Crippen LogP contribution < -0.4 is 15.4 Å². The molecule has 0 bridgehead atoms. The highest BCUT2D eigenvalue weighted by molar-refractivity contribution is 7.13. The van der Waals surface area contributed by atoms with Gasteiger partial charge in [0.2, 0.25) is 5.91 Å². The predicted molar refractivity (Wildman–Crippen MR) is 125 cm³/mol. The first-order valence-electron chi connectivity index (χ1n) is 10.0. The number of anilines is 2. The molecule has 1 aromatic heterocycles. The second kappa shape index (κ2) is 11.1. The number of amides is 1. The molecule has 3 aromatic rings. The molecule has 3 rings (SSSR count). The van der Waals surface area contributed by atoms with Crippen molar-refractivity contribution in [2.75, 3.05) is 11.9 Å². The Bertz CT molecular complexity index is 1040. The average Bonchev–Trinajstić information content (AvgIpc) is 3.23. The number of ether oxygens (including phenoxy) is 1. The SMILES string of the molecule is CCCOc1ccc(/C=C/C(=O)NCc2csc(Nc3ccc(C(C)=O)cc3)n2)cc1. The molecule has 0 unspecified atom stereocenters. The summed E-state index contributed by atoms with van der Waals surface area (Å²) in [4.78, 5) is 27.9. The van der Waals surface area contributed by atoms with Gasteiger partial charge in [-0.15, -0.1) is 11.3 Å². The highest BCUT2D eigenvalue weighted by atomic mass is 32.1. The van der Waals surface area contributed by atoms with Crippen LogP contribution in [0.2, 0.25) is 0 Å². The quantitative estimate of drug-likeness (QED) is 0.338. The minimum absolute atomic E-state index is 0.0332. The number of rotatable bonds is 10. The van der Waals surface area contributed by atoms with E-state index in [0.717, 1.165) is 34.2 Å². The van der Waals surface area contributed by atoms with Crippen molar-refractivity contribution in [1.82, 2.24) is 10.3 Å². The lowest BCUT2D eigenvalue weighted by Crippen LogP contribution is -2.20. The molecule has 0 aliphatic carbocycles. The predicted octanol–water partition coefficient (Wildman–Crippen LogP) is 5.21. The molecule has 0 aliphatic rings. The number of Topliss-reactive ketones (excluding diaryl/α,β-unsaturated/α-hetero) is 1. The number of nitrogens with one attached hydrogen (secondary N) is 2. The van der Waals surface area contributed by atoms with Crippen LogP contribution in [0.3, 0.4) is 0 Å². The summed E-state index contributed by atoms with van der Waals surface area (Å²) in [6, 6.07) is 14.8. The third-order valence-corrected chi connectivity index (χ3v) is 5.12. The lowest BCUT2D eigenvalue weighted by atomic mass is 10.1. The first-order chi connectivity index (χ1) is 15.0. The van der Waals surface area contributed by atoms with E-state index in [1.807, 2.05) is 41.8 Å². The Hall–Kier alpha value is -3.45. The van der Waals surface area contributed by atoms with Crippen molar-refractivity contribution in [3.05, 3.63) is 76.8 Å². The lowest BCUT2D eigenvalue weighted by molar-refractivity contribution is -0.116. The van der Waals surface area contributed by atoms with E-state index in [9.17, 15) is 9.59 Å². The zero-order valence-electron chi connectivity index (χ0n) is 17.6. The van der Waals surface area contributed by atoms with Crippen LogP contribution in [0.4, 0.5) is 10.8 Å². The van der Waals surface area contributed by atoms with Gasteiger partial charge in [-0.3, -0.25) is 9.59 Å². The van der Waals surface area contributed by atoms with Gasteiger partial charge in [0.25, 0.3) is 0 Å². The van der Waals surface area contributed by atoms with Crippen molar-refractivity contribution in [2.24, 2.45) is 0 Å². The van der Waals surface area contributed by atoms with Crippen molar-refractivity contribution in [3.63, 3.8) is 0 Å². The molecule has 0 saturated heterocycles. The Morgan fingerprint density at radius 1 is 1.10 bits per heavy atom. The van der Waals surface area contributed by atoms with Crippen LogP contribution in [-0.2, 0) is 11.3 Å². The number of ketones is 1. The van der Waals surface area contributed by atoms with Crippen molar-refractivity contribution >= 4 is 39.9 Å². The molecule has 31 heavy (non-hydrogen) atoms. The summed E-state index contributed by atoms with van der Waals surface area (Å²) in [6.45, 7) is 4.64. The summed E-state index contributed by atoms with van der Waals surface area (Å²) in [7, 11) is 0. The number of carbonyl (C=O) groups is 2. The number of aromatic nitrogens is 1. The van der Waals surface area contributed by atoms with Gasteiger partial charge in [0.05, 0.1) is 18.8 Å². The molecule has 0 aliphatic heterocycles. The smallest absolute Gasteiger partial charge is 0.244 e. The summed E-state index contributed by atoms with van der Waals surface area (Å²) < 4.78 is 5.55. The zero-order valence-corrected chi connectivity index (χ0v) is 18.4. The monoisotopic (exact) mass is 435 g/mol. The van der Waals surface area contributed by atoms with Gasteiger partial charge in [0.15, 0.2) is 10.9 Å². The molecule has 6 nitrogen and oxygen atoms in total. The average molecular weight is 436 g/mol. The van der Waals surface area contributed by atoms with E-state index in [1.165, 1.54) is 24.3 Å². The molecule has 7 heteroatoms. The Morgan fingerprint density at radius 3 is 2.52 bits per heavy atom. The minimum Gasteiger partial charge on any atom is -0.494 e. The van der Waals surface area contributed by atoms with Gasteiger partial charge in [-0.25, -0.2) is 4.98 Å². The van der Waals surface area contributed by atoms with Crippen molar-refractivity contribution in [1.29, 1.82) is 0 Å². The van der Waals surface area contributed by atoms with Crippen LogP contribution in [0, 0.1) is 0 Å². The Morgan fingerprint density at radius 2 is 1.84 bits per heavy atom. The van der Waals surface area contributed by atoms with Crippen molar-refractivity contribution in [3.8, 4) is 5.75 Å². The lowest BCUT2D eigenvalue weighted by Gasteiger charge is -2.04. The maximum Gasteiger partial charge on any atom is 0.244 e. The fourth-order valence-electron chi connectivity index (χ4n) is 2.66. The molecule has 2 aromatic carbocycles. The fraction of sp³-hybridized carbons (Fsp3) is 0.208. The second-order valence-electron chi connectivity index (χ2n) is 6.87. The standard InChI is InChI=1S/C24H25N3O3S/c1-3-14-30-22-11-4-18(5-12-22)6-13-23(29)25-15-21-16-31-24(27-21)26-20-9-7-19(8-10-20)17(2)28/h4-13,16H,3,14-15H2,1-2H3,(H,25,29)(H,26,27)/b13-6+. The highest BCUT2D eigenvalue weighted by Gasteiger charge is 2.05. The fourth-order valence-corrected chi connectivity index (χ4v) is 3.39. The van der Waals surface area contributed by atoms with Gasteiger partial charge in [-0.05, 0) is 61.4 Å². The van der Waals surface area contributed by atoms with Crippen LogP contribution >= 0.6 is 11.3 Å². The molecule has 0 saturated carbocycles. The number of thiazole rings is 1. The number of hydrogen-bond acceptors (Lipinski definition) is 6. The maximum atomic E-state index is 12.1. The molecule has 0 spiro atoms. The zero-order chi connectivity index (χ0) is 22.1. The third kappa shape index (κ3) is 7.08. The molecule has 0 fully saturated rings. The van der Waals surface area contributed by atoms with E-state index in [1.54, 1.807) is 18.2 Å². The van der Waals surface area contributed by atoms with Gasteiger partial charge in [-0.1, -0.05) is 19.1 Å². The Balaban J connectivity index is 1.46. The first kappa shape index (κ1) is 22.2. The first-order valence-corrected chi connectivity index (χ1v) is 10.9. The van der Waals surface area contributed by atoms with E-state index in [2.05, 4.69) is 22.5 Å². The van der Waals surface area contributed by atoms with E-state index in [-0.39, 0.29) is 11.7 Å². The van der Waals surface area contributed by atoms with Crippen LogP contribution in [0.1, 0.15) is 41.9 Å². The Kier molecular flexibility index (Phi) is 7.95. The highest BCUT2D eigenvalue weighted by Crippen LogP contribution is 2.21. The third-order valence-electron chi connectivity index (χ3n) is 4.32. The number of benzene rings is 2. The largest absolute Gasteiger partial charge is 0.494 e. The summed E-state index contributed by atoms with van der Waals surface area (Å²) in [5, 5.41) is 8.65. The second-order valence-corrected chi connectivity index (χ2v) is 7.73. The number of hydrogen-bond donors (Lipinski definition) is 2. The van der Waals surface area contributed by atoms with Gasteiger partial charge < -0.3 is 15.4 Å². The van der Waals surface area contributed by atoms with Crippen LogP contribution in [0.5, 0.6) is 5.75 Å². The van der Waals surface area contributed by atoms with Gasteiger partial charge >= 0.3 is 0 Å². The molecule has 1 amide bonds. The van der Waals surface area contributed by atoms with E-state index < -0.39 is 0 Å². The molecular formula is C24H25N3O3S. The molecule has 1 heterocycles. The van der Waals surface area contributed by atoms with Crippen LogP contribution in [0.25, 0.3) is 6.08 Å². The summed E-state index contributed by atoms with van der Waals surface area (Å²) in [6.07, 6.45) is 4.23. The van der Waals surface area contributed by atoms with Crippen molar-refractivity contribution in [2.45, 2.75) is 26.8 Å². The summed E-state index contributed by atoms with van der Waals surface area (Å²) in [5.41, 5.74) is 3.22. The molecule has 160 valence electrons. The van der Waals surface area contributed by atoms with Gasteiger partial charge in [0.1, 0.15) is 5.75 Å². The van der Waals surface area contributed by atoms with Gasteiger partial charge in [-0.2, -0.15) is 0 Å². The summed E-state index contributed by atoms with van der Waals surface area (Å²) in [5.74, 6) is 0.672.